The molecule has 1 unspecified atom stereocenters. The molecular weight excluding hydrogens is 422 g/mol. The first-order chi connectivity index (χ1) is 14.7. The molecule has 31 heavy (non-hydrogen) atoms. The fraction of sp³-hybridized carbons (Fsp3) is 0.333. The van der Waals surface area contributed by atoms with Crippen LogP contribution in [0, 0.1) is 17.0 Å². The Morgan fingerprint density at radius 1 is 1.19 bits per heavy atom. The molecule has 1 atom stereocenters. The number of hydrogen-bond acceptors (Lipinski definition) is 6. The van der Waals surface area contributed by atoms with Gasteiger partial charge in [-0.15, -0.1) is 0 Å². The number of nitrogens with one attached hydrogen (secondary N) is 1. The van der Waals surface area contributed by atoms with Crippen molar-refractivity contribution in [3.63, 3.8) is 0 Å². The molecular formula is C21H23N3O6S. The fourth-order valence-electron chi connectivity index (χ4n) is 3.61. The number of rotatable bonds is 7. The molecule has 0 spiro atoms. The molecule has 2 aromatic rings. The predicted molar refractivity (Wildman–Crippen MR) is 113 cm³/mol. The molecule has 164 valence electrons. The zero-order chi connectivity index (χ0) is 22.6. The number of hydrogen-bond donors (Lipinski definition) is 1. The SMILES string of the molecule is Cc1cc(C(=O)N2CCCC2C(=O)NCCS(=O)(=O)c2ccccc2)ccc1[N+](=O)[O-]. The van der Waals surface area contributed by atoms with Gasteiger partial charge >= 0.3 is 0 Å². The minimum atomic E-state index is -3.52. The molecule has 0 bridgehead atoms. The van der Waals surface area contributed by atoms with E-state index in [2.05, 4.69) is 5.32 Å². The summed E-state index contributed by atoms with van der Waals surface area (Å²) in [5.41, 5.74) is 0.559. The smallest absolute Gasteiger partial charge is 0.272 e. The lowest BCUT2D eigenvalue weighted by molar-refractivity contribution is -0.385. The topological polar surface area (TPSA) is 127 Å². The van der Waals surface area contributed by atoms with E-state index >= 15 is 0 Å². The monoisotopic (exact) mass is 445 g/mol. The molecule has 3 rings (SSSR count). The summed E-state index contributed by atoms with van der Waals surface area (Å²) in [6.45, 7) is 1.87. The first kappa shape index (κ1) is 22.4. The van der Waals surface area contributed by atoms with Crippen LogP contribution in [0.25, 0.3) is 0 Å². The van der Waals surface area contributed by atoms with Crippen LogP contribution < -0.4 is 5.32 Å². The highest BCUT2D eigenvalue weighted by atomic mass is 32.2. The number of sulfone groups is 1. The van der Waals surface area contributed by atoms with Gasteiger partial charge in [-0.05, 0) is 44.0 Å². The fourth-order valence-corrected chi connectivity index (χ4v) is 4.79. The van der Waals surface area contributed by atoms with Crippen LogP contribution >= 0.6 is 0 Å². The summed E-state index contributed by atoms with van der Waals surface area (Å²) in [5.74, 6) is -1.04. The molecule has 1 fully saturated rings. The van der Waals surface area contributed by atoms with Crippen molar-refractivity contribution < 1.29 is 22.9 Å². The summed E-state index contributed by atoms with van der Waals surface area (Å²) < 4.78 is 24.7. The van der Waals surface area contributed by atoms with Crippen LogP contribution in [0.5, 0.6) is 0 Å². The van der Waals surface area contributed by atoms with Gasteiger partial charge in [0.15, 0.2) is 9.84 Å². The number of aryl methyl sites for hydroxylation is 1. The molecule has 2 amide bonds. The number of amides is 2. The molecule has 1 N–H and O–H groups in total. The summed E-state index contributed by atoms with van der Waals surface area (Å²) in [6, 6.07) is 11.4. The van der Waals surface area contributed by atoms with Gasteiger partial charge in [-0.1, -0.05) is 18.2 Å². The van der Waals surface area contributed by atoms with Crippen LogP contribution in [-0.2, 0) is 14.6 Å². The van der Waals surface area contributed by atoms with E-state index < -0.39 is 26.7 Å². The van der Waals surface area contributed by atoms with Gasteiger partial charge in [0.1, 0.15) is 6.04 Å². The average molecular weight is 445 g/mol. The highest BCUT2D eigenvalue weighted by Crippen LogP contribution is 2.24. The summed E-state index contributed by atoms with van der Waals surface area (Å²) in [6.07, 6.45) is 1.10. The maximum atomic E-state index is 12.9. The zero-order valence-corrected chi connectivity index (χ0v) is 17.8. The van der Waals surface area contributed by atoms with Gasteiger partial charge in [-0.2, -0.15) is 0 Å². The number of benzene rings is 2. The predicted octanol–water partition coefficient (Wildman–Crippen LogP) is 2.10. The number of nitro benzene ring substituents is 1. The van der Waals surface area contributed by atoms with Crippen LogP contribution in [0.2, 0.25) is 0 Å². The minimum absolute atomic E-state index is 0.0643. The normalized spacial score (nSPS) is 16.2. The third-order valence-corrected chi connectivity index (χ3v) is 6.96. The Kier molecular flexibility index (Phi) is 6.69. The van der Waals surface area contributed by atoms with Gasteiger partial charge in [0, 0.05) is 30.3 Å². The van der Waals surface area contributed by atoms with E-state index in [0.29, 0.717) is 24.9 Å². The first-order valence-electron chi connectivity index (χ1n) is 9.82. The Bertz CT molecular complexity index is 1100. The first-order valence-corrected chi connectivity index (χ1v) is 11.5. The van der Waals surface area contributed by atoms with Crippen molar-refractivity contribution in [1.29, 1.82) is 0 Å². The highest BCUT2D eigenvalue weighted by molar-refractivity contribution is 7.91. The van der Waals surface area contributed by atoms with E-state index in [1.165, 1.54) is 35.2 Å². The molecule has 1 heterocycles. The number of carbonyl (C=O) groups excluding carboxylic acids is 2. The zero-order valence-electron chi connectivity index (χ0n) is 17.0. The van der Waals surface area contributed by atoms with E-state index in [-0.39, 0.29) is 34.4 Å². The van der Waals surface area contributed by atoms with Crippen molar-refractivity contribution in [1.82, 2.24) is 10.2 Å². The third kappa shape index (κ3) is 5.08. The lowest BCUT2D eigenvalue weighted by atomic mass is 10.1. The largest absolute Gasteiger partial charge is 0.353 e. The second kappa shape index (κ2) is 9.25. The second-order valence-electron chi connectivity index (χ2n) is 7.34. The molecule has 1 aliphatic rings. The molecule has 2 aromatic carbocycles. The van der Waals surface area contributed by atoms with Gasteiger partial charge in [0.2, 0.25) is 5.91 Å². The molecule has 9 nitrogen and oxygen atoms in total. The van der Waals surface area contributed by atoms with Crippen molar-refractivity contribution >= 4 is 27.3 Å². The molecule has 10 heteroatoms. The summed E-state index contributed by atoms with van der Waals surface area (Å²) in [4.78, 5) is 37.6. The molecule has 0 saturated carbocycles. The summed E-state index contributed by atoms with van der Waals surface area (Å²) in [5, 5.41) is 13.6. The van der Waals surface area contributed by atoms with Crippen molar-refractivity contribution in [2.75, 3.05) is 18.8 Å². The lowest BCUT2D eigenvalue weighted by Crippen LogP contribution is -2.46. The van der Waals surface area contributed by atoms with Gasteiger partial charge < -0.3 is 10.2 Å². The Balaban J connectivity index is 1.63. The summed E-state index contributed by atoms with van der Waals surface area (Å²) in [7, 11) is -3.52. The van der Waals surface area contributed by atoms with Gasteiger partial charge in [-0.3, -0.25) is 19.7 Å². The third-order valence-electron chi connectivity index (χ3n) is 5.23. The molecule has 1 aliphatic heterocycles. The van der Waals surface area contributed by atoms with Crippen LogP contribution in [-0.4, -0.2) is 54.9 Å². The molecule has 1 saturated heterocycles. The van der Waals surface area contributed by atoms with Gasteiger partial charge in [0.05, 0.1) is 15.6 Å². The van der Waals surface area contributed by atoms with Crippen molar-refractivity contribution in [2.45, 2.75) is 30.7 Å². The Morgan fingerprint density at radius 3 is 2.55 bits per heavy atom. The molecule has 0 aliphatic carbocycles. The van der Waals surface area contributed by atoms with Crippen LogP contribution in [0.1, 0.15) is 28.8 Å². The van der Waals surface area contributed by atoms with Crippen molar-refractivity contribution in [2.24, 2.45) is 0 Å². The number of nitro groups is 1. The maximum absolute atomic E-state index is 12.9. The number of carbonyl (C=O) groups is 2. The Hall–Kier alpha value is -3.27. The van der Waals surface area contributed by atoms with Crippen molar-refractivity contribution in [3.8, 4) is 0 Å². The quantitative estimate of drug-likeness (QED) is 0.514. The number of likely N-dealkylation sites (tertiary alicyclic amines) is 1. The second-order valence-corrected chi connectivity index (χ2v) is 9.45. The van der Waals surface area contributed by atoms with E-state index in [1.807, 2.05) is 0 Å². The maximum Gasteiger partial charge on any atom is 0.272 e. The van der Waals surface area contributed by atoms with E-state index in [0.717, 1.165) is 0 Å². The number of nitrogens with zero attached hydrogens (tertiary/aromatic N) is 2. The molecule has 0 radical (unpaired) electrons. The van der Waals surface area contributed by atoms with E-state index in [4.69, 9.17) is 0 Å². The average Bonchev–Trinajstić information content (AvgIpc) is 3.23. The van der Waals surface area contributed by atoms with Crippen molar-refractivity contribution in [3.05, 3.63) is 69.8 Å². The van der Waals surface area contributed by atoms with Gasteiger partial charge in [-0.25, -0.2) is 8.42 Å². The minimum Gasteiger partial charge on any atom is -0.353 e. The van der Waals surface area contributed by atoms with Crippen LogP contribution in [0.15, 0.2) is 53.4 Å². The standard InChI is InChI=1S/C21H23N3O6S/c1-15-14-16(9-10-18(15)24(27)28)21(26)23-12-5-8-19(23)20(25)22-11-13-31(29,30)17-6-3-2-4-7-17/h2-4,6-7,9-10,14,19H,5,8,11-13H2,1H3,(H,22,25). The highest BCUT2D eigenvalue weighted by Gasteiger charge is 2.34. The van der Waals surface area contributed by atoms with Crippen LogP contribution in [0.4, 0.5) is 5.69 Å². The van der Waals surface area contributed by atoms with Gasteiger partial charge in [0.25, 0.3) is 11.6 Å². The lowest BCUT2D eigenvalue weighted by Gasteiger charge is -2.24. The molecule has 0 aromatic heterocycles. The summed E-state index contributed by atoms with van der Waals surface area (Å²) >= 11 is 0. The Labute approximate surface area is 180 Å². The van der Waals surface area contributed by atoms with E-state index in [9.17, 15) is 28.1 Å². The van der Waals surface area contributed by atoms with E-state index in [1.54, 1.807) is 25.1 Å². The van der Waals surface area contributed by atoms with Crippen LogP contribution in [0.3, 0.4) is 0 Å². The Morgan fingerprint density at radius 2 is 1.90 bits per heavy atom.